The quantitative estimate of drug-likeness (QED) is 0.854. The fourth-order valence-corrected chi connectivity index (χ4v) is 2.65. The van der Waals surface area contributed by atoms with Gasteiger partial charge in [0.05, 0.1) is 5.92 Å². The van der Waals surface area contributed by atoms with Crippen molar-refractivity contribution in [3.8, 4) is 0 Å². The first-order valence-corrected chi connectivity index (χ1v) is 7.47. The monoisotopic (exact) mass is 291 g/mol. The van der Waals surface area contributed by atoms with Crippen molar-refractivity contribution in [2.75, 3.05) is 13.1 Å². The standard InChI is InChI=1S/C14H21N5O2/c1-9(2)13-15-14(20-18-13)11-5-4-6-19(7-11)8-12-10(3)16-21-17-12/h9,11H,4-8H2,1-3H3/t11-/m1/s1. The van der Waals surface area contributed by atoms with Gasteiger partial charge in [-0.3, -0.25) is 4.90 Å². The molecule has 2 aromatic rings. The molecule has 1 atom stereocenters. The van der Waals surface area contributed by atoms with Gasteiger partial charge in [0.25, 0.3) is 0 Å². The van der Waals surface area contributed by atoms with Crippen molar-refractivity contribution in [2.24, 2.45) is 0 Å². The summed E-state index contributed by atoms with van der Waals surface area (Å²) < 4.78 is 10.2. The zero-order valence-electron chi connectivity index (χ0n) is 12.7. The molecular formula is C14H21N5O2. The molecule has 0 N–H and O–H groups in total. The van der Waals surface area contributed by atoms with Crippen LogP contribution >= 0.6 is 0 Å². The van der Waals surface area contributed by atoms with Gasteiger partial charge in [0.1, 0.15) is 11.4 Å². The van der Waals surface area contributed by atoms with Gasteiger partial charge in [-0.05, 0) is 26.3 Å². The first-order valence-electron chi connectivity index (χ1n) is 7.47. The van der Waals surface area contributed by atoms with Crippen molar-refractivity contribution in [3.05, 3.63) is 23.1 Å². The lowest BCUT2D eigenvalue weighted by Crippen LogP contribution is -2.34. The Morgan fingerprint density at radius 1 is 1.29 bits per heavy atom. The number of piperidine rings is 1. The minimum absolute atomic E-state index is 0.297. The van der Waals surface area contributed by atoms with Gasteiger partial charge in [-0.15, -0.1) is 0 Å². The van der Waals surface area contributed by atoms with E-state index in [1.807, 2.05) is 6.92 Å². The fraction of sp³-hybridized carbons (Fsp3) is 0.714. The van der Waals surface area contributed by atoms with Gasteiger partial charge in [-0.25, -0.2) is 4.63 Å². The number of nitrogens with zero attached hydrogens (tertiary/aromatic N) is 5. The molecule has 1 aliphatic rings. The van der Waals surface area contributed by atoms with E-state index in [0.717, 1.165) is 55.6 Å². The third-order valence-electron chi connectivity index (χ3n) is 3.95. The van der Waals surface area contributed by atoms with Gasteiger partial charge < -0.3 is 4.52 Å². The average Bonchev–Trinajstić information content (AvgIpc) is 3.09. The summed E-state index contributed by atoms with van der Waals surface area (Å²) >= 11 is 0. The molecule has 0 bridgehead atoms. The zero-order valence-corrected chi connectivity index (χ0v) is 12.7. The zero-order chi connectivity index (χ0) is 14.8. The molecule has 2 aromatic heterocycles. The highest BCUT2D eigenvalue weighted by molar-refractivity contribution is 5.06. The van der Waals surface area contributed by atoms with E-state index in [-0.39, 0.29) is 0 Å². The van der Waals surface area contributed by atoms with Crippen LogP contribution < -0.4 is 0 Å². The molecule has 0 amide bonds. The Morgan fingerprint density at radius 3 is 2.81 bits per heavy atom. The number of hydrogen-bond donors (Lipinski definition) is 0. The van der Waals surface area contributed by atoms with E-state index in [9.17, 15) is 0 Å². The molecule has 0 aromatic carbocycles. The van der Waals surface area contributed by atoms with Crippen LogP contribution in [0.3, 0.4) is 0 Å². The lowest BCUT2D eigenvalue weighted by molar-refractivity contribution is 0.175. The van der Waals surface area contributed by atoms with Gasteiger partial charge in [0, 0.05) is 19.0 Å². The van der Waals surface area contributed by atoms with E-state index in [0.29, 0.717) is 11.8 Å². The van der Waals surface area contributed by atoms with Crippen LogP contribution in [0.2, 0.25) is 0 Å². The molecule has 7 heteroatoms. The highest BCUT2D eigenvalue weighted by atomic mass is 16.6. The van der Waals surface area contributed by atoms with Crippen LogP contribution in [0.5, 0.6) is 0 Å². The van der Waals surface area contributed by atoms with Crippen molar-refractivity contribution >= 4 is 0 Å². The third kappa shape index (κ3) is 3.12. The molecule has 21 heavy (non-hydrogen) atoms. The predicted molar refractivity (Wildman–Crippen MR) is 74.7 cm³/mol. The maximum Gasteiger partial charge on any atom is 0.231 e. The minimum atomic E-state index is 0.297. The highest BCUT2D eigenvalue weighted by Crippen LogP contribution is 2.27. The van der Waals surface area contributed by atoms with Crippen LogP contribution in [0.4, 0.5) is 0 Å². The lowest BCUT2D eigenvalue weighted by atomic mass is 9.97. The van der Waals surface area contributed by atoms with E-state index >= 15 is 0 Å². The molecule has 0 saturated carbocycles. The molecule has 0 spiro atoms. The summed E-state index contributed by atoms with van der Waals surface area (Å²) in [5.74, 6) is 2.15. The molecule has 3 heterocycles. The first kappa shape index (κ1) is 14.2. The Morgan fingerprint density at radius 2 is 2.14 bits per heavy atom. The summed E-state index contributed by atoms with van der Waals surface area (Å²) in [4.78, 5) is 6.88. The second-order valence-electron chi connectivity index (χ2n) is 6.02. The largest absolute Gasteiger partial charge is 0.339 e. The predicted octanol–water partition coefficient (Wildman–Crippen LogP) is 2.26. The Hall–Kier alpha value is -1.76. The van der Waals surface area contributed by atoms with Gasteiger partial charge >= 0.3 is 0 Å². The average molecular weight is 291 g/mol. The number of rotatable bonds is 4. The van der Waals surface area contributed by atoms with Crippen LogP contribution in [0.25, 0.3) is 0 Å². The fourth-order valence-electron chi connectivity index (χ4n) is 2.65. The molecule has 114 valence electrons. The summed E-state index contributed by atoms with van der Waals surface area (Å²) in [6.45, 7) is 8.78. The van der Waals surface area contributed by atoms with Crippen LogP contribution in [-0.4, -0.2) is 38.4 Å². The maximum absolute atomic E-state index is 5.44. The van der Waals surface area contributed by atoms with Crippen LogP contribution in [0.1, 0.15) is 61.6 Å². The molecule has 1 aliphatic heterocycles. The molecule has 7 nitrogen and oxygen atoms in total. The summed E-state index contributed by atoms with van der Waals surface area (Å²) in [6.07, 6.45) is 2.21. The smallest absolute Gasteiger partial charge is 0.231 e. The Kier molecular flexibility index (Phi) is 4.01. The van der Waals surface area contributed by atoms with E-state index in [2.05, 4.69) is 39.2 Å². The van der Waals surface area contributed by atoms with Crippen LogP contribution in [0, 0.1) is 6.92 Å². The third-order valence-corrected chi connectivity index (χ3v) is 3.95. The molecule has 0 unspecified atom stereocenters. The van der Waals surface area contributed by atoms with Crippen molar-refractivity contribution in [2.45, 2.75) is 52.0 Å². The van der Waals surface area contributed by atoms with E-state index in [1.165, 1.54) is 0 Å². The second kappa shape index (κ2) is 5.93. The Bertz CT molecular complexity index is 592. The molecule has 1 fully saturated rings. The minimum Gasteiger partial charge on any atom is -0.339 e. The van der Waals surface area contributed by atoms with Crippen molar-refractivity contribution < 1.29 is 9.15 Å². The van der Waals surface area contributed by atoms with Gasteiger partial charge in [-0.1, -0.05) is 29.3 Å². The maximum atomic E-state index is 5.44. The van der Waals surface area contributed by atoms with Gasteiger partial charge in [-0.2, -0.15) is 4.98 Å². The Labute approximate surface area is 123 Å². The first-order chi connectivity index (χ1) is 10.1. The Balaban J connectivity index is 1.66. The van der Waals surface area contributed by atoms with Gasteiger partial charge in [0.15, 0.2) is 5.82 Å². The topological polar surface area (TPSA) is 81.1 Å². The van der Waals surface area contributed by atoms with Gasteiger partial charge in [0.2, 0.25) is 5.89 Å². The summed E-state index contributed by atoms with van der Waals surface area (Å²) in [6, 6.07) is 0. The number of hydrogen-bond acceptors (Lipinski definition) is 7. The molecule has 3 rings (SSSR count). The highest BCUT2D eigenvalue weighted by Gasteiger charge is 2.27. The molecule has 0 aliphatic carbocycles. The van der Waals surface area contributed by atoms with E-state index in [1.54, 1.807) is 0 Å². The van der Waals surface area contributed by atoms with Crippen molar-refractivity contribution in [3.63, 3.8) is 0 Å². The second-order valence-corrected chi connectivity index (χ2v) is 6.02. The van der Waals surface area contributed by atoms with E-state index < -0.39 is 0 Å². The summed E-state index contributed by atoms with van der Waals surface area (Å²) in [5.41, 5.74) is 1.76. The molecule has 1 saturated heterocycles. The number of aryl methyl sites for hydroxylation is 1. The van der Waals surface area contributed by atoms with Crippen molar-refractivity contribution in [1.29, 1.82) is 0 Å². The number of aromatic nitrogens is 4. The molecular weight excluding hydrogens is 270 g/mol. The van der Waals surface area contributed by atoms with Crippen LogP contribution in [-0.2, 0) is 6.54 Å². The summed E-state index contributed by atoms with van der Waals surface area (Å²) in [5, 5.41) is 11.8. The summed E-state index contributed by atoms with van der Waals surface area (Å²) in [7, 11) is 0. The van der Waals surface area contributed by atoms with E-state index in [4.69, 9.17) is 9.15 Å². The molecule has 0 radical (unpaired) electrons. The van der Waals surface area contributed by atoms with Crippen LogP contribution in [0.15, 0.2) is 9.15 Å². The number of likely N-dealkylation sites (tertiary alicyclic amines) is 1. The SMILES string of the molecule is Cc1nonc1CN1CCC[C@@H](c2nc(C(C)C)no2)C1. The lowest BCUT2D eigenvalue weighted by Gasteiger charge is -2.30. The van der Waals surface area contributed by atoms with Crippen molar-refractivity contribution in [1.82, 2.24) is 25.4 Å². The normalized spacial score (nSPS) is 20.3.